The van der Waals surface area contributed by atoms with Gasteiger partial charge < -0.3 is 20.1 Å². The van der Waals surface area contributed by atoms with Gasteiger partial charge in [-0.05, 0) is 31.6 Å². The number of aliphatic hydroxyl groups is 1. The molecule has 0 aromatic carbocycles. The topological polar surface area (TPSA) is 70.5 Å². The Morgan fingerprint density at radius 1 is 1.29 bits per heavy atom. The molecule has 1 aromatic rings. The van der Waals surface area contributed by atoms with Crippen molar-refractivity contribution in [2.24, 2.45) is 5.92 Å². The van der Waals surface area contributed by atoms with Gasteiger partial charge in [0.1, 0.15) is 18.0 Å². The first-order chi connectivity index (χ1) is 10.4. The standard InChI is InChI=1S/C15H24N4O2/c20-10-13-2-1-5-19(13)15-8-14(17-11-18-15)16-9-12-3-6-21-7-4-12/h8,11-13,20H,1-7,9-10H2,(H,16,17,18). The summed E-state index contributed by atoms with van der Waals surface area (Å²) in [7, 11) is 0. The van der Waals surface area contributed by atoms with E-state index in [1.54, 1.807) is 6.33 Å². The van der Waals surface area contributed by atoms with Gasteiger partial charge in [-0.15, -0.1) is 0 Å². The van der Waals surface area contributed by atoms with Gasteiger partial charge in [-0.1, -0.05) is 0 Å². The van der Waals surface area contributed by atoms with Gasteiger partial charge in [0.15, 0.2) is 0 Å². The lowest BCUT2D eigenvalue weighted by molar-refractivity contribution is 0.0699. The number of ether oxygens (including phenoxy) is 1. The summed E-state index contributed by atoms with van der Waals surface area (Å²) in [4.78, 5) is 10.8. The first-order valence-electron chi connectivity index (χ1n) is 7.88. The average Bonchev–Trinajstić information content (AvgIpc) is 3.03. The number of hydrogen-bond donors (Lipinski definition) is 2. The maximum atomic E-state index is 9.43. The van der Waals surface area contributed by atoms with Crippen LogP contribution in [-0.4, -0.2) is 54.0 Å². The molecule has 0 aliphatic carbocycles. The van der Waals surface area contributed by atoms with Crippen molar-refractivity contribution < 1.29 is 9.84 Å². The molecule has 1 aromatic heterocycles. The molecular formula is C15H24N4O2. The van der Waals surface area contributed by atoms with E-state index in [0.29, 0.717) is 5.92 Å². The van der Waals surface area contributed by atoms with Gasteiger partial charge >= 0.3 is 0 Å². The van der Waals surface area contributed by atoms with Gasteiger partial charge in [-0.25, -0.2) is 9.97 Å². The summed E-state index contributed by atoms with van der Waals surface area (Å²) in [5.74, 6) is 2.44. The van der Waals surface area contributed by atoms with Crippen LogP contribution < -0.4 is 10.2 Å². The molecule has 0 radical (unpaired) electrons. The molecule has 1 unspecified atom stereocenters. The van der Waals surface area contributed by atoms with Crippen molar-refractivity contribution in [3.05, 3.63) is 12.4 Å². The molecule has 2 fully saturated rings. The van der Waals surface area contributed by atoms with E-state index in [9.17, 15) is 5.11 Å². The van der Waals surface area contributed by atoms with Crippen LogP contribution >= 0.6 is 0 Å². The first kappa shape index (κ1) is 14.5. The van der Waals surface area contributed by atoms with Crippen molar-refractivity contribution in [1.82, 2.24) is 9.97 Å². The monoisotopic (exact) mass is 292 g/mol. The maximum absolute atomic E-state index is 9.43. The Labute approximate surface area is 125 Å². The minimum Gasteiger partial charge on any atom is -0.394 e. The van der Waals surface area contributed by atoms with Crippen LogP contribution in [0.4, 0.5) is 11.6 Å². The van der Waals surface area contributed by atoms with Crippen LogP contribution in [0.2, 0.25) is 0 Å². The van der Waals surface area contributed by atoms with Crippen LogP contribution in [0.25, 0.3) is 0 Å². The average molecular weight is 292 g/mol. The SMILES string of the molecule is OCC1CCCN1c1cc(NCC2CCOCC2)ncn1. The number of hydrogen-bond acceptors (Lipinski definition) is 6. The third kappa shape index (κ3) is 3.63. The lowest BCUT2D eigenvalue weighted by atomic mass is 10.0. The van der Waals surface area contributed by atoms with Crippen LogP contribution in [0.3, 0.4) is 0 Å². The van der Waals surface area contributed by atoms with E-state index in [1.165, 1.54) is 0 Å². The van der Waals surface area contributed by atoms with Gasteiger partial charge in [0, 0.05) is 32.4 Å². The normalized spacial score (nSPS) is 23.5. The van der Waals surface area contributed by atoms with Crippen molar-refractivity contribution in [2.75, 3.05) is 43.1 Å². The predicted octanol–water partition coefficient (Wildman–Crippen LogP) is 1.28. The number of aliphatic hydroxyl groups excluding tert-OH is 1. The second-order valence-electron chi connectivity index (χ2n) is 5.87. The molecule has 0 saturated carbocycles. The Kier molecular flexibility index (Phi) is 4.87. The Morgan fingerprint density at radius 3 is 2.95 bits per heavy atom. The molecule has 2 saturated heterocycles. The van der Waals surface area contributed by atoms with Crippen LogP contribution in [0.5, 0.6) is 0 Å². The fourth-order valence-corrected chi connectivity index (χ4v) is 3.13. The fourth-order valence-electron chi connectivity index (χ4n) is 3.13. The quantitative estimate of drug-likeness (QED) is 0.852. The zero-order chi connectivity index (χ0) is 14.5. The highest BCUT2D eigenvalue weighted by Gasteiger charge is 2.25. The second kappa shape index (κ2) is 7.04. The Bertz CT molecular complexity index is 451. The molecule has 3 heterocycles. The van der Waals surface area contributed by atoms with Crippen LogP contribution in [0.15, 0.2) is 12.4 Å². The van der Waals surface area contributed by atoms with E-state index in [0.717, 1.165) is 63.6 Å². The molecule has 2 N–H and O–H groups in total. The van der Waals surface area contributed by atoms with Crippen molar-refractivity contribution in [3.8, 4) is 0 Å². The van der Waals surface area contributed by atoms with Gasteiger partial charge in [0.2, 0.25) is 0 Å². The molecule has 21 heavy (non-hydrogen) atoms. The van der Waals surface area contributed by atoms with Crippen molar-refractivity contribution >= 4 is 11.6 Å². The predicted molar refractivity (Wildman–Crippen MR) is 81.5 cm³/mol. The summed E-state index contributed by atoms with van der Waals surface area (Å²) >= 11 is 0. The molecule has 1 atom stereocenters. The van der Waals surface area contributed by atoms with Gasteiger partial charge in [-0.2, -0.15) is 0 Å². The van der Waals surface area contributed by atoms with E-state index in [2.05, 4.69) is 20.2 Å². The second-order valence-corrected chi connectivity index (χ2v) is 5.87. The Balaban J connectivity index is 1.60. The highest BCUT2D eigenvalue weighted by atomic mass is 16.5. The van der Waals surface area contributed by atoms with Crippen molar-refractivity contribution in [2.45, 2.75) is 31.7 Å². The lowest BCUT2D eigenvalue weighted by Crippen LogP contribution is -2.32. The molecule has 2 aliphatic rings. The van der Waals surface area contributed by atoms with Gasteiger partial charge in [0.25, 0.3) is 0 Å². The van der Waals surface area contributed by atoms with E-state index in [4.69, 9.17) is 4.74 Å². The highest BCUT2D eigenvalue weighted by Crippen LogP contribution is 2.25. The number of rotatable bonds is 5. The Hall–Kier alpha value is -1.40. The number of aromatic nitrogens is 2. The highest BCUT2D eigenvalue weighted by molar-refractivity contribution is 5.49. The largest absolute Gasteiger partial charge is 0.394 e. The minimum atomic E-state index is 0.189. The molecule has 3 rings (SSSR count). The molecule has 0 spiro atoms. The third-order valence-electron chi connectivity index (χ3n) is 4.45. The molecular weight excluding hydrogens is 268 g/mol. The zero-order valence-electron chi connectivity index (χ0n) is 12.4. The molecule has 2 aliphatic heterocycles. The van der Waals surface area contributed by atoms with E-state index >= 15 is 0 Å². The Morgan fingerprint density at radius 2 is 2.14 bits per heavy atom. The first-order valence-corrected chi connectivity index (χ1v) is 7.88. The van der Waals surface area contributed by atoms with E-state index < -0.39 is 0 Å². The number of nitrogens with one attached hydrogen (secondary N) is 1. The lowest BCUT2D eigenvalue weighted by Gasteiger charge is -2.25. The number of nitrogens with zero attached hydrogens (tertiary/aromatic N) is 3. The number of anilines is 2. The van der Waals surface area contributed by atoms with Gasteiger partial charge in [0.05, 0.1) is 12.6 Å². The van der Waals surface area contributed by atoms with Crippen LogP contribution in [0.1, 0.15) is 25.7 Å². The van der Waals surface area contributed by atoms with E-state index in [1.807, 2.05) is 6.07 Å². The fraction of sp³-hybridized carbons (Fsp3) is 0.733. The minimum absolute atomic E-state index is 0.189. The van der Waals surface area contributed by atoms with E-state index in [-0.39, 0.29) is 12.6 Å². The van der Waals surface area contributed by atoms with Crippen molar-refractivity contribution in [1.29, 1.82) is 0 Å². The summed E-state index contributed by atoms with van der Waals surface area (Å²) in [6.45, 7) is 3.82. The summed E-state index contributed by atoms with van der Waals surface area (Å²) in [5.41, 5.74) is 0. The summed E-state index contributed by atoms with van der Waals surface area (Å²) < 4.78 is 5.38. The molecule has 116 valence electrons. The maximum Gasteiger partial charge on any atom is 0.134 e. The van der Waals surface area contributed by atoms with Gasteiger partial charge in [-0.3, -0.25) is 0 Å². The smallest absolute Gasteiger partial charge is 0.134 e. The summed E-state index contributed by atoms with van der Waals surface area (Å²) in [5, 5.41) is 12.8. The summed E-state index contributed by atoms with van der Waals surface area (Å²) in [6, 6.07) is 2.19. The molecule has 6 heteroatoms. The molecule has 6 nitrogen and oxygen atoms in total. The third-order valence-corrected chi connectivity index (χ3v) is 4.45. The van der Waals surface area contributed by atoms with Crippen LogP contribution in [-0.2, 0) is 4.74 Å². The zero-order valence-corrected chi connectivity index (χ0v) is 12.4. The van der Waals surface area contributed by atoms with Crippen molar-refractivity contribution in [3.63, 3.8) is 0 Å². The van der Waals surface area contributed by atoms with Crippen LogP contribution in [0, 0.1) is 5.92 Å². The summed E-state index contributed by atoms with van der Waals surface area (Å²) in [6.07, 6.45) is 5.98. The molecule has 0 amide bonds. The molecule has 0 bridgehead atoms.